The quantitative estimate of drug-likeness (QED) is 0.546. The SMILES string of the molecule is COCCCC(=O)CCOCCNC(C)C. The first-order chi connectivity index (χ1) is 7.66. The highest BCUT2D eigenvalue weighted by atomic mass is 16.5. The lowest BCUT2D eigenvalue weighted by Crippen LogP contribution is -2.26. The number of nitrogens with one attached hydrogen (secondary N) is 1. The van der Waals surface area contributed by atoms with Gasteiger partial charge in [0.2, 0.25) is 0 Å². The molecule has 0 amide bonds. The number of rotatable bonds is 11. The summed E-state index contributed by atoms with van der Waals surface area (Å²) in [6.07, 6.45) is 1.93. The minimum absolute atomic E-state index is 0.258. The molecule has 0 aromatic rings. The zero-order chi connectivity index (χ0) is 12.2. The van der Waals surface area contributed by atoms with Crippen LogP contribution in [0, 0.1) is 0 Å². The molecular weight excluding hydrogens is 206 g/mol. The lowest BCUT2D eigenvalue weighted by Gasteiger charge is -2.08. The maximum absolute atomic E-state index is 11.3. The largest absolute Gasteiger partial charge is 0.385 e. The topological polar surface area (TPSA) is 47.6 Å². The summed E-state index contributed by atoms with van der Waals surface area (Å²) in [6, 6.07) is 0.485. The summed E-state index contributed by atoms with van der Waals surface area (Å²) in [5, 5.41) is 3.25. The Bertz CT molecular complexity index is 172. The second-order valence-corrected chi connectivity index (χ2v) is 4.11. The first kappa shape index (κ1) is 15.6. The average Bonchev–Trinajstić information content (AvgIpc) is 2.23. The fourth-order valence-electron chi connectivity index (χ4n) is 1.25. The minimum atomic E-state index is 0.258. The van der Waals surface area contributed by atoms with Crippen molar-refractivity contribution in [1.82, 2.24) is 5.32 Å². The molecule has 4 nitrogen and oxygen atoms in total. The number of hydrogen-bond donors (Lipinski definition) is 1. The van der Waals surface area contributed by atoms with Crippen molar-refractivity contribution in [3.8, 4) is 0 Å². The van der Waals surface area contributed by atoms with Gasteiger partial charge in [-0.1, -0.05) is 13.8 Å². The van der Waals surface area contributed by atoms with Gasteiger partial charge in [-0.2, -0.15) is 0 Å². The van der Waals surface area contributed by atoms with Crippen molar-refractivity contribution < 1.29 is 14.3 Å². The molecule has 0 fully saturated rings. The van der Waals surface area contributed by atoms with E-state index in [9.17, 15) is 4.79 Å². The summed E-state index contributed by atoms with van der Waals surface area (Å²) < 4.78 is 10.2. The Morgan fingerprint density at radius 2 is 1.94 bits per heavy atom. The maximum atomic E-state index is 11.3. The van der Waals surface area contributed by atoms with Gasteiger partial charge in [-0.3, -0.25) is 4.79 Å². The second kappa shape index (κ2) is 11.0. The normalized spacial score (nSPS) is 11.0. The van der Waals surface area contributed by atoms with Crippen LogP contribution in [0.4, 0.5) is 0 Å². The third-order valence-corrected chi connectivity index (χ3v) is 2.13. The van der Waals surface area contributed by atoms with E-state index in [-0.39, 0.29) is 5.78 Å². The molecule has 0 saturated carbocycles. The minimum Gasteiger partial charge on any atom is -0.385 e. The lowest BCUT2D eigenvalue weighted by molar-refractivity contribution is -0.120. The van der Waals surface area contributed by atoms with Crippen molar-refractivity contribution in [3.63, 3.8) is 0 Å². The van der Waals surface area contributed by atoms with Crippen LogP contribution in [-0.2, 0) is 14.3 Å². The number of ether oxygens (including phenoxy) is 2. The van der Waals surface area contributed by atoms with Crippen LogP contribution in [0.25, 0.3) is 0 Å². The Morgan fingerprint density at radius 3 is 2.56 bits per heavy atom. The Balaban J connectivity index is 3.15. The van der Waals surface area contributed by atoms with E-state index >= 15 is 0 Å². The van der Waals surface area contributed by atoms with Crippen LogP contribution in [-0.4, -0.2) is 45.3 Å². The van der Waals surface area contributed by atoms with Crippen LogP contribution in [0.1, 0.15) is 33.1 Å². The van der Waals surface area contributed by atoms with Crippen LogP contribution in [0.3, 0.4) is 0 Å². The highest BCUT2D eigenvalue weighted by Gasteiger charge is 2.01. The van der Waals surface area contributed by atoms with Gasteiger partial charge in [0.05, 0.1) is 13.2 Å². The molecule has 0 saturated heterocycles. The van der Waals surface area contributed by atoms with Gasteiger partial charge in [0.1, 0.15) is 5.78 Å². The van der Waals surface area contributed by atoms with Crippen LogP contribution in [0.5, 0.6) is 0 Å². The van der Waals surface area contributed by atoms with Crippen molar-refractivity contribution in [2.75, 3.05) is 33.5 Å². The van der Waals surface area contributed by atoms with Crippen LogP contribution < -0.4 is 5.32 Å². The molecule has 96 valence electrons. The number of carbonyl (C=O) groups excluding carboxylic acids is 1. The monoisotopic (exact) mass is 231 g/mol. The Kier molecular flexibility index (Phi) is 10.7. The molecule has 0 aliphatic carbocycles. The first-order valence-corrected chi connectivity index (χ1v) is 5.98. The van der Waals surface area contributed by atoms with Crippen molar-refractivity contribution in [2.24, 2.45) is 0 Å². The molecule has 16 heavy (non-hydrogen) atoms. The molecule has 0 unspecified atom stereocenters. The van der Waals surface area contributed by atoms with Gasteiger partial charge in [0, 0.05) is 39.1 Å². The third-order valence-electron chi connectivity index (χ3n) is 2.13. The van der Waals surface area contributed by atoms with Gasteiger partial charge in [0.25, 0.3) is 0 Å². The molecule has 1 N–H and O–H groups in total. The second-order valence-electron chi connectivity index (χ2n) is 4.11. The number of carbonyl (C=O) groups is 1. The molecule has 4 heteroatoms. The molecule has 0 aliphatic rings. The smallest absolute Gasteiger partial charge is 0.135 e. The number of methoxy groups -OCH3 is 1. The molecule has 0 aromatic carbocycles. The van der Waals surface area contributed by atoms with Crippen molar-refractivity contribution in [3.05, 3.63) is 0 Å². The van der Waals surface area contributed by atoms with Gasteiger partial charge in [0.15, 0.2) is 0 Å². The lowest BCUT2D eigenvalue weighted by atomic mass is 10.2. The van der Waals surface area contributed by atoms with Crippen LogP contribution in [0.2, 0.25) is 0 Å². The summed E-state index contributed by atoms with van der Waals surface area (Å²) in [4.78, 5) is 11.3. The molecule has 0 rings (SSSR count). The van der Waals surface area contributed by atoms with E-state index in [1.165, 1.54) is 0 Å². The van der Waals surface area contributed by atoms with E-state index in [0.717, 1.165) is 13.0 Å². The Labute approximate surface area is 98.7 Å². The first-order valence-electron chi connectivity index (χ1n) is 5.98. The average molecular weight is 231 g/mol. The van der Waals surface area contributed by atoms with E-state index in [2.05, 4.69) is 19.2 Å². The standard InChI is InChI=1S/C12H25NO3/c1-11(2)13-7-10-16-9-6-12(14)5-4-8-15-3/h11,13H,4-10H2,1-3H3. The molecule has 0 heterocycles. The number of Topliss-reactive ketones (excluding diaryl/α,β-unsaturated/α-hetero) is 1. The zero-order valence-corrected chi connectivity index (χ0v) is 10.8. The van der Waals surface area contributed by atoms with E-state index in [0.29, 0.717) is 38.7 Å². The zero-order valence-electron chi connectivity index (χ0n) is 10.8. The summed E-state index contributed by atoms with van der Waals surface area (Å²) >= 11 is 0. The van der Waals surface area contributed by atoms with Crippen molar-refractivity contribution in [1.29, 1.82) is 0 Å². The van der Waals surface area contributed by atoms with Gasteiger partial charge >= 0.3 is 0 Å². The Hall–Kier alpha value is -0.450. The molecule has 0 bridgehead atoms. The number of ketones is 1. The van der Waals surface area contributed by atoms with Gasteiger partial charge in [-0.25, -0.2) is 0 Å². The van der Waals surface area contributed by atoms with E-state index in [1.54, 1.807) is 7.11 Å². The van der Waals surface area contributed by atoms with E-state index in [4.69, 9.17) is 9.47 Å². The van der Waals surface area contributed by atoms with Gasteiger partial charge in [-0.05, 0) is 6.42 Å². The van der Waals surface area contributed by atoms with Crippen LogP contribution >= 0.6 is 0 Å². The molecule has 0 aliphatic heterocycles. The highest BCUT2D eigenvalue weighted by Crippen LogP contribution is 1.96. The van der Waals surface area contributed by atoms with E-state index in [1.807, 2.05) is 0 Å². The highest BCUT2D eigenvalue weighted by molar-refractivity contribution is 5.78. The van der Waals surface area contributed by atoms with Crippen molar-refractivity contribution >= 4 is 5.78 Å². The number of hydrogen-bond acceptors (Lipinski definition) is 4. The van der Waals surface area contributed by atoms with Crippen molar-refractivity contribution in [2.45, 2.75) is 39.2 Å². The predicted molar refractivity (Wildman–Crippen MR) is 64.7 cm³/mol. The van der Waals surface area contributed by atoms with E-state index < -0.39 is 0 Å². The summed E-state index contributed by atoms with van der Waals surface area (Å²) in [5.41, 5.74) is 0. The molecule has 0 spiro atoms. The summed E-state index contributed by atoms with van der Waals surface area (Å²) in [5.74, 6) is 0.258. The van der Waals surface area contributed by atoms with Gasteiger partial charge in [-0.15, -0.1) is 0 Å². The molecule has 0 aromatic heterocycles. The van der Waals surface area contributed by atoms with Gasteiger partial charge < -0.3 is 14.8 Å². The summed E-state index contributed by atoms with van der Waals surface area (Å²) in [6.45, 7) is 6.90. The predicted octanol–water partition coefficient (Wildman–Crippen LogP) is 1.39. The summed E-state index contributed by atoms with van der Waals surface area (Å²) in [7, 11) is 1.65. The molecule has 0 radical (unpaired) electrons. The third kappa shape index (κ3) is 11.6. The molecule has 0 atom stereocenters. The fourth-order valence-corrected chi connectivity index (χ4v) is 1.25. The van der Waals surface area contributed by atoms with Crippen LogP contribution in [0.15, 0.2) is 0 Å². The Morgan fingerprint density at radius 1 is 1.19 bits per heavy atom. The molecular formula is C12H25NO3. The fraction of sp³-hybridized carbons (Fsp3) is 0.917. The maximum Gasteiger partial charge on any atom is 0.135 e.